The Morgan fingerprint density at radius 3 is 2.50 bits per heavy atom. The van der Waals surface area contributed by atoms with Gasteiger partial charge >= 0.3 is 0 Å². The molecule has 0 aliphatic rings. The van der Waals surface area contributed by atoms with E-state index >= 15 is 0 Å². The summed E-state index contributed by atoms with van der Waals surface area (Å²) in [6.07, 6.45) is 3.43. The Bertz CT molecular complexity index is 1270. The van der Waals surface area contributed by atoms with Gasteiger partial charge in [-0.1, -0.05) is 54.2 Å². The van der Waals surface area contributed by atoms with Crippen LogP contribution in [0.3, 0.4) is 0 Å². The molecule has 8 heteroatoms. The van der Waals surface area contributed by atoms with Gasteiger partial charge in [-0.15, -0.1) is 0 Å². The SMILES string of the molecule is COCc1cc(N(C)Cc2ccccc2)nc(SCc2cccc(C(=O)NCc3ccncc3)c2)n1. The zero-order chi connectivity index (χ0) is 25.2. The van der Waals surface area contributed by atoms with Crippen LogP contribution in [-0.2, 0) is 30.2 Å². The van der Waals surface area contributed by atoms with E-state index in [9.17, 15) is 4.79 Å². The van der Waals surface area contributed by atoms with Crippen LogP contribution in [0.2, 0.25) is 0 Å². The molecule has 7 nitrogen and oxygen atoms in total. The van der Waals surface area contributed by atoms with Crippen molar-refractivity contribution in [2.45, 2.75) is 30.6 Å². The number of amides is 1. The van der Waals surface area contributed by atoms with Gasteiger partial charge in [0.1, 0.15) is 5.82 Å². The molecule has 4 rings (SSSR count). The fraction of sp³-hybridized carbons (Fsp3) is 0.214. The second-order valence-electron chi connectivity index (χ2n) is 8.30. The second kappa shape index (κ2) is 12.8. The number of hydrogen-bond donors (Lipinski definition) is 1. The summed E-state index contributed by atoms with van der Waals surface area (Å²) in [6, 6.07) is 23.7. The molecule has 0 fully saturated rings. The highest BCUT2D eigenvalue weighted by molar-refractivity contribution is 7.98. The standard InChI is InChI=1S/C28H29N5O2S/c1-33(18-22-7-4-3-5-8-22)26-16-25(19-35-2)31-28(32-26)36-20-23-9-6-10-24(15-23)27(34)30-17-21-11-13-29-14-12-21/h3-16H,17-20H2,1-2H3,(H,30,34). The third-order valence-electron chi connectivity index (χ3n) is 5.45. The lowest BCUT2D eigenvalue weighted by atomic mass is 10.1. The normalized spacial score (nSPS) is 10.7. The van der Waals surface area contributed by atoms with Crippen LogP contribution in [0.1, 0.15) is 32.7 Å². The molecule has 36 heavy (non-hydrogen) atoms. The number of benzene rings is 2. The van der Waals surface area contributed by atoms with E-state index in [1.54, 1.807) is 19.5 Å². The van der Waals surface area contributed by atoms with Gasteiger partial charge in [0.2, 0.25) is 0 Å². The van der Waals surface area contributed by atoms with E-state index in [0.29, 0.717) is 29.6 Å². The van der Waals surface area contributed by atoms with Crippen molar-refractivity contribution >= 4 is 23.5 Å². The van der Waals surface area contributed by atoms with Crippen molar-refractivity contribution in [2.75, 3.05) is 19.1 Å². The predicted molar refractivity (Wildman–Crippen MR) is 143 cm³/mol. The predicted octanol–water partition coefficient (Wildman–Crippen LogP) is 4.88. The van der Waals surface area contributed by atoms with Gasteiger partial charge in [-0.2, -0.15) is 0 Å². The van der Waals surface area contributed by atoms with E-state index in [1.807, 2.05) is 67.7 Å². The zero-order valence-corrected chi connectivity index (χ0v) is 21.2. The van der Waals surface area contributed by atoms with Crippen LogP contribution in [0.4, 0.5) is 5.82 Å². The molecule has 2 aromatic heterocycles. The average molecular weight is 500 g/mol. The van der Waals surface area contributed by atoms with Crippen LogP contribution < -0.4 is 10.2 Å². The maximum atomic E-state index is 12.7. The lowest BCUT2D eigenvalue weighted by Gasteiger charge is -2.19. The summed E-state index contributed by atoms with van der Waals surface area (Å²) in [6.45, 7) is 1.61. The highest BCUT2D eigenvalue weighted by atomic mass is 32.2. The summed E-state index contributed by atoms with van der Waals surface area (Å²) in [4.78, 5) is 28.2. The van der Waals surface area contributed by atoms with Gasteiger partial charge in [0.15, 0.2) is 5.16 Å². The number of thioether (sulfide) groups is 1. The molecule has 1 amide bonds. The Labute approximate surface area is 216 Å². The molecule has 0 spiro atoms. The molecular formula is C28H29N5O2S. The van der Waals surface area contributed by atoms with Crippen molar-refractivity contribution in [1.29, 1.82) is 0 Å². The highest BCUT2D eigenvalue weighted by Gasteiger charge is 2.11. The Balaban J connectivity index is 1.42. The lowest BCUT2D eigenvalue weighted by Crippen LogP contribution is -2.22. The summed E-state index contributed by atoms with van der Waals surface area (Å²) >= 11 is 1.54. The first kappa shape index (κ1) is 25.3. The molecule has 0 bridgehead atoms. The number of nitrogens with one attached hydrogen (secondary N) is 1. The van der Waals surface area contributed by atoms with Crippen molar-refractivity contribution < 1.29 is 9.53 Å². The van der Waals surface area contributed by atoms with E-state index in [1.165, 1.54) is 17.3 Å². The van der Waals surface area contributed by atoms with Gasteiger partial charge in [-0.3, -0.25) is 9.78 Å². The van der Waals surface area contributed by atoms with E-state index in [4.69, 9.17) is 9.72 Å². The van der Waals surface area contributed by atoms with Crippen molar-refractivity contribution in [3.63, 3.8) is 0 Å². The molecule has 0 atom stereocenters. The van der Waals surface area contributed by atoms with Crippen LogP contribution in [0, 0.1) is 0 Å². The first-order valence-corrected chi connectivity index (χ1v) is 12.6. The molecule has 184 valence electrons. The lowest BCUT2D eigenvalue weighted by molar-refractivity contribution is 0.0951. The summed E-state index contributed by atoms with van der Waals surface area (Å²) in [5, 5.41) is 3.63. The van der Waals surface area contributed by atoms with Gasteiger partial charge in [0.05, 0.1) is 12.3 Å². The van der Waals surface area contributed by atoms with Gasteiger partial charge in [0.25, 0.3) is 5.91 Å². The first-order valence-electron chi connectivity index (χ1n) is 11.6. The van der Waals surface area contributed by atoms with Gasteiger partial charge in [0, 0.05) is 57.0 Å². The molecular weight excluding hydrogens is 470 g/mol. The number of rotatable bonds is 11. The molecule has 0 saturated heterocycles. The summed E-state index contributed by atoms with van der Waals surface area (Å²) in [7, 11) is 3.68. The first-order chi connectivity index (χ1) is 17.6. The molecule has 2 heterocycles. The zero-order valence-electron chi connectivity index (χ0n) is 20.4. The summed E-state index contributed by atoms with van der Waals surface area (Å²) < 4.78 is 5.33. The minimum Gasteiger partial charge on any atom is -0.378 e. The monoisotopic (exact) mass is 499 g/mol. The number of carbonyl (C=O) groups excluding carboxylic acids is 1. The fourth-order valence-electron chi connectivity index (χ4n) is 3.61. The largest absolute Gasteiger partial charge is 0.378 e. The topological polar surface area (TPSA) is 80.2 Å². The van der Waals surface area contributed by atoms with Gasteiger partial charge in [-0.05, 0) is 41.0 Å². The number of anilines is 1. The Kier molecular flexibility index (Phi) is 9.02. The summed E-state index contributed by atoms with van der Waals surface area (Å²) in [5.41, 5.74) is 4.69. The fourth-order valence-corrected chi connectivity index (χ4v) is 4.43. The molecule has 1 N–H and O–H groups in total. The van der Waals surface area contributed by atoms with Crippen LogP contribution in [0.25, 0.3) is 0 Å². The van der Waals surface area contributed by atoms with Crippen molar-refractivity contribution in [2.24, 2.45) is 0 Å². The third-order valence-corrected chi connectivity index (χ3v) is 6.37. The average Bonchev–Trinajstić information content (AvgIpc) is 2.92. The van der Waals surface area contributed by atoms with Crippen LogP contribution in [-0.4, -0.2) is 35.0 Å². The number of carbonyl (C=O) groups is 1. The maximum Gasteiger partial charge on any atom is 0.251 e. The molecule has 0 aliphatic carbocycles. The molecule has 0 aliphatic heterocycles. The number of aromatic nitrogens is 3. The molecule has 0 unspecified atom stereocenters. The smallest absolute Gasteiger partial charge is 0.251 e. The third kappa shape index (κ3) is 7.37. The van der Waals surface area contributed by atoms with Crippen LogP contribution >= 0.6 is 11.8 Å². The number of pyridine rings is 1. The molecule has 0 saturated carbocycles. The maximum absolute atomic E-state index is 12.7. The number of methoxy groups -OCH3 is 1. The Hall–Kier alpha value is -3.75. The number of hydrogen-bond acceptors (Lipinski definition) is 7. The Morgan fingerprint density at radius 2 is 1.72 bits per heavy atom. The molecule has 2 aromatic carbocycles. The number of nitrogens with zero attached hydrogens (tertiary/aromatic N) is 4. The molecule has 4 aromatic rings. The van der Waals surface area contributed by atoms with Crippen LogP contribution in [0.15, 0.2) is 90.3 Å². The second-order valence-corrected chi connectivity index (χ2v) is 9.24. The highest BCUT2D eigenvalue weighted by Crippen LogP contribution is 2.24. The van der Waals surface area contributed by atoms with Gasteiger partial charge < -0.3 is 15.0 Å². The minimum absolute atomic E-state index is 0.109. The number of ether oxygens (including phenoxy) is 1. The Morgan fingerprint density at radius 1 is 0.944 bits per heavy atom. The minimum atomic E-state index is -0.109. The van der Waals surface area contributed by atoms with E-state index in [0.717, 1.165) is 29.2 Å². The summed E-state index contributed by atoms with van der Waals surface area (Å²) in [5.74, 6) is 1.37. The van der Waals surface area contributed by atoms with Crippen molar-refractivity contribution in [3.05, 3.63) is 113 Å². The van der Waals surface area contributed by atoms with Crippen molar-refractivity contribution in [3.8, 4) is 0 Å². The van der Waals surface area contributed by atoms with Gasteiger partial charge in [-0.25, -0.2) is 9.97 Å². The van der Waals surface area contributed by atoms with Crippen molar-refractivity contribution in [1.82, 2.24) is 20.3 Å². The van der Waals surface area contributed by atoms with Crippen LogP contribution in [0.5, 0.6) is 0 Å². The van der Waals surface area contributed by atoms with E-state index in [-0.39, 0.29) is 5.91 Å². The van der Waals surface area contributed by atoms with E-state index < -0.39 is 0 Å². The molecule has 0 radical (unpaired) electrons. The van der Waals surface area contributed by atoms with E-state index in [2.05, 4.69) is 32.3 Å². The quantitative estimate of drug-likeness (QED) is 0.233.